The smallest absolute Gasteiger partial charge is 0.261 e. The van der Waals surface area contributed by atoms with Gasteiger partial charge in [-0.25, -0.2) is 8.78 Å². The molecule has 9 heteroatoms. The van der Waals surface area contributed by atoms with Crippen LogP contribution in [0.3, 0.4) is 0 Å². The lowest BCUT2D eigenvalue weighted by molar-refractivity contribution is 0.0942. The zero-order valence-electron chi connectivity index (χ0n) is 16.0. The SMILES string of the molecule is CCn1ncc(C)c1-c1cc(C(=O)N[C@H](CN)Cc2ccc(F)c(F)c2)sc1Cl. The summed E-state index contributed by atoms with van der Waals surface area (Å²) in [4.78, 5) is 13.2. The second-order valence-corrected chi connectivity index (χ2v) is 8.30. The summed E-state index contributed by atoms with van der Waals surface area (Å²) in [6.07, 6.45) is 2.05. The minimum atomic E-state index is -0.929. The van der Waals surface area contributed by atoms with Crippen molar-refractivity contribution < 1.29 is 13.6 Å². The number of thiophene rings is 1. The second-order valence-electron chi connectivity index (χ2n) is 6.65. The normalized spacial score (nSPS) is 12.2. The number of carbonyl (C=O) groups is 1. The highest BCUT2D eigenvalue weighted by atomic mass is 35.5. The summed E-state index contributed by atoms with van der Waals surface area (Å²) >= 11 is 7.58. The number of nitrogens with zero attached hydrogens (tertiary/aromatic N) is 2. The Bertz CT molecular complexity index is 1030. The molecule has 3 aromatic rings. The van der Waals surface area contributed by atoms with Crippen molar-refractivity contribution in [1.29, 1.82) is 0 Å². The highest BCUT2D eigenvalue weighted by Gasteiger charge is 2.21. The lowest BCUT2D eigenvalue weighted by atomic mass is 10.1. The number of nitrogens with one attached hydrogen (secondary N) is 1. The third kappa shape index (κ3) is 4.66. The Morgan fingerprint density at radius 3 is 2.76 bits per heavy atom. The van der Waals surface area contributed by atoms with Gasteiger partial charge in [0.1, 0.15) is 4.34 Å². The largest absolute Gasteiger partial charge is 0.347 e. The van der Waals surface area contributed by atoms with E-state index in [9.17, 15) is 13.6 Å². The van der Waals surface area contributed by atoms with Gasteiger partial charge in [-0.15, -0.1) is 11.3 Å². The molecule has 0 saturated heterocycles. The summed E-state index contributed by atoms with van der Waals surface area (Å²) in [5.41, 5.74) is 8.92. The number of hydrogen-bond acceptors (Lipinski definition) is 4. The molecule has 0 saturated carbocycles. The Morgan fingerprint density at radius 2 is 2.10 bits per heavy atom. The Kier molecular flexibility index (Phi) is 6.66. The van der Waals surface area contributed by atoms with Crippen molar-refractivity contribution in [1.82, 2.24) is 15.1 Å². The minimum Gasteiger partial charge on any atom is -0.347 e. The molecule has 1 atom stereocenters. The van der Waals surface area contributed by atoms with Crippen LogP contribution >= 0.6 is 22.9 Å². The molecule has 29 heavy (non-hydrogen) atoms. The fourth-order valence-corrected chi connectivity index (χ4v) is 4.29. The van der Waals surface area contributed by atoms with E-state index in [-0.39, 0.29) is 18.9 Å². The summed E-state index contributed by atoms with van der Waals surface area (Å²) in [5.74, 6) is -2.16. The van der Waals surface area contributed by atoms with Gasteiger partial charge in [0, 0.05) is 24.7 Å². The van der Waals surface area contributed by atoms with Crippen molar-refractivity contribution >= 4 is 28.8 Å². The van der Waals surface area contributed by atoms with Crippen molar-refractivity contribution in [3.8, 4) is 11.3 Å². The lowest BCUT2D eigenvalue weighted by Crippen LogP contribution is -2.41. The van der Waals surface area contributed by atoms with E-state index in [1.165, 1.54) is 17.4 Å². The number of aryl methyl sites for hydroxylation is 2. The first-order valence-corrected chi connectivity index (χ1v) is 10.3. The van der Waals surface area contributed by atoms with Crippen LogP contribution in [0.1, 0.15) is 27.7 Å². The Morgan fingerprint density at radius 1 is 1.34 bits per heavy atom. The Hall–Kier alpha value is -2.29. The van der Waals surface area contributed by atoms with Crippen molar-refractivity contribution in [2.45, 2.75) is 32.9 Å². The molecule has 5 nitrogen and oxygen atoms in total. The highest BCUT2D eigenvalue weighted by molar-refractivity contribution is 7.18. The third-order valence-corrected chi connectivity index (χ3v) is 5.93. The van der Waals surface area contributed by atoms with Crippen LogP contribution in [0.2, 0.25) is 4.34 Å². The van der Waals surface area contributed by atoms with E-state index in [0.717, 1.165) is 29.0 Å². The Labute approximate surface area is 176 Å². The molecule has 0 spiro atoms. The van der Waals surface area contributed by atoms with E-state index in [4.69, 9.17) is 17.3 Å². The number of halogens is 3. The van der Waals surface area contributed by atoms with Crippen molar-refractivity contribution in [2.75, 3.05) is 6.54 Å². The first-order chi connectivity index (χ1) is 13.8. The van der Waals surface area contributed by atoms with E-state index in [1.807, 2.05) is 18.5 Å². The van der Waals surface area contributed by atoms with Gasteiger partial charge in [-0.05, 0) is 49.6 Å². The summed E-state index contributed by atoms with van der Waals surface area (Å²) < 4.78 is 28.9. The zero-order chi connectivity index (χ0) is 21.1. The van der Waals surface area contributed by atoms with Crippen LogP contribution in [0.5, 0.6) is 0 Å². The van der Waals surface area contributed by atoms with Crippen molar-refractivity contribution in [3.05, 3.63) is 62.4 Å². The highest BCUT2D eigenvalue weighted by Crippen LogP contribution is 2.37. The topological polar surface area (TPSA) is 72.9 Å². The van der Waals surface area contributed by atoms with Gasteiger partial charge in [-0.1, -0.05) is 17.7 Å². The minimum absolute atomic E-state index is 0.151. The zero-order valence-corrected chi connectivity index (χ0v) is 17.6. The van der Waals surface area contributed by atoms with E-state index < -0.39 is 17.7 Å². The van der Waals surface area contributed by atoms with Gasteiger partial charge in [0.2, 0.25) is 0 Å². The van der Waals surface area contributed by atoms with Crippen LogP contribution in [-0.4, -0.2) is 28.3 Å². The maximum Gasteiger partial charge on any atom is 0.261 e. The number of hydrogen-bond donors (Lipinski definition) is 2. The van der Waals surface area contributed by atoms with Crippen LogP contribution in [0.25, 0.3) is 11.3 Å². The monoisotopic (exact) mass is 438 g/mol. The van der Waals surface area contributed by atoms with Crippen LogP contribution in [-0.2, 0) is 13.0 Å². The number of nitrogens with two attached hydrogens (primary N) is 1. The number of amides is 1. The number of aromatic nitrogens is 2. The molecule has 3 N–H and O–H groups in total. The maximum absolute atomic E-state index is 13.4. The molecule has 2 heterocycles. The number of carbonyl (C=O) groups excluding carboxylic acids is 1. The summed E-state index contributed by atoms with van der Waals surface area (Å²) in [6, 6.07) is 4.95. The van der Waals surface area contributed by atoms with Gasteiger partial charge in [0.05, 0.1) is 16.8 Å². The quantitative estimate of drug-likeness (QED) is 0.581. The standard InChI is InChI=1S/C20H21ClF2N4OS/c1-3-27-18(11(2)10-25-27)14-8-17(29-19(14)21)20(28)26-13(9-24)6-12-4-5-15(22)16(23)7-12/h4-5,7-8,10,13H,3,6,9,24H2,1-2H3,(H,26,28)/t13-/m0/s1. The van der Waals surface area contributed by atoms with Crippen molar-refractivity contribution in [2.24, 2.45) is 5.73 Å². The third-order valence-electron chi connectivity index (χ3n) is 4.57. The van der Waals surface area contributed by atoms with Gasteiger partial charge >= 0.3 is 0 Å². The summed E-state index contributed by atoms with van der Waals surface area (Å²) in [5, 5.41) is 7.16. The predicted molar refractivity (Wildman–Crippen MR) is 111 cm³/mol. The molecular formula is C20H21ClF2N4OS. The number of benzene rings is 1. The van der Waals surface area contributed by atoms with Gasteiger partial charge in [-0.2, -0.15) is 5.10 Å². The molecule has 154 valence electrons. The molecular weight excluding hydrogens is 418 g/mol. The summed E-state index contributed by atoms with van der Waals surface area (Å²) in [7, 11) is 0. The summed E-state index contributed by atoms with van der Waals surface area (Å²) in [6.45, 7) is 4.75. The van der Waals surface area contributed by atoms with Gasteiger partial charge in [0.25, 0.3) is 5.91 Å². The molecule has 0 unspecified atom stereocenters. The molecule has 0 aliphatic rings. The van der Waals surface area contributed by atoms with Gasteiger partial charge < -0.3 is 11.1 Å². The lowest BCUT2D eigenvalue weighted by Gasteiger charge is -2.16. The van der Waals surface area contributed by atoms with Crippen LogP contribution in [0.15, 0.2) is 30.5 Å². The molecule has 0 bridgehead atoms. The van der Waals surface area contributed by atoms with E-state index >= 15 is 0 Å². The van der Waals surface area contributed by atoms with Gasteiger partial charge in [0.15, 0.2) is 11.6 Å². The van der Waals surface area contributed by atoms with Crippen LogP contribution in [0.4, 0.5) is 8.78 Å². The molecule has 3 rings (SSSR count). The van der Waals surface area contributed by atoms with E-state index in [1.54, 1.807) is 12.3 Å². The first kappa shape index (κ1) is 21.4. The average Bonchev–Trinajstić information content (AvgIpc) is 3.25. The average molecular weight is 439 g/mol. The van der Waals surface area contributed by atoms with Crippen LogP contribution < -0.4 is 11.1 Å². The van der Waals surface area contributed by atoms with Crippen molar-refractivity contribution in [3.63, 3.8) is 0 Å². The van der Waals surface area contributed by atoms with E-state index in [2.05, 4.69) is 10.4 Å². The van der Waals surface area contributed by atoms with Gasteiger partial charge in [-0.3, -0.25) is 9.48 Å². The second kappa shape index (κ2) is 9.02. The molecule has 0 aliphatic carbocycles. The molecule has 1 amide bonds. The Balaban J connectivity index is 1.77. The molecule has 0 aliphatic heterocycles. The molecule has 0 radical (unpaired) electrons. The maximum atomic E-state index is 13.4. The molecule has 0 fully saturated rings. The fraction of sp³-hybridized carbons (Fsp3) is 0.300. The predicted octanol–water partition coefficient (Wildman–Crippen LogP) is 4.17. The van der Waals surface area contributed by atoms with E-state index in [0.29, 0.717) is 21.3 Å². The first-order valence-electron chi connectivity index (χ1n) is 9.11. The number of rotatable bonds is 7. The molecule has 1 aromatic carbocycles. The molecule has 2 aromatic heterocycles. The fourth-order valence-electron chi connectivity index (χ4n) is 3.11. The van der Waals surface area contributed by atoms with Crippen LogP contribution in [0, 0.1) is 18.6 Å².